The lowest BCUT2D eigenvalue weighted by atomic mass is 10.2. The molecule has 2 fully saturated rings. The van der Waals surface area contributed by atoms with Gasteiger partial charge in [-0.15, -0.1) is 11.8 Å². The third-order valence-electron chi connectivity index (χ3n) is 5.19. The molecular formula is C22H23F2N2O2S2+. The summed E-state index contributed by atoms with van der Waals surface area (Å²) in [4.78, 5) is 17.5. The number of aromatic nitrogens is 1. The van der Waals surface area contributed by atoms with E-state index in [0.717, 1.165) is 29.9 Å². The third-order valence-corrected chi connectivity index (χ3v) is 6.70. The van der Waals surface area contributed by atoms with Gasteiger partial charge in [-0.25, -0.2) is 4.79 Å². The normalized spacial score (nSPS) is 17.9. The van der Waals surface area contributed by atoms with Gasteiger partial charge in [-0.05, 0) is 49.5 Å². The number of ether oxygens (including phenoxy) is 1. The van der Waals surface area contributed by atoms with Crippen molar-refractivity contribution in [2.45, 2.75) is 31.6 Å². The standard InChI is InChI=1S/C22H23F2N2O2S2/c1-26(17(12-13-29-2)14-8-9-14)20(27)18-19(28-16-6-4-3-5-7-16)25-21(30-18)22(23,24)15-10-11-15/h3-7,12-15H,8-11H2,1-2H3/q+1/b13-12+,26-17?. The second-order valence-corrected chi connectivity index (χ2v) is 9.31. The summed E-state index contributed by atoms with van der Waals surface area (Å²) in [5.74, 6) is -3.40. The van der Waals surface area contributed by atoms with Crippen LogP contribution in [0.3, 0.4) is 0 Å². The number of thioether (sulfide) groups is 1. The highest BCUT2D eigenvalue weighted by Crippen LogP contribution is 2.51. The maximum Gasteiger partial charge on any atom is 0.435 e. The summed E-state index contributed by atoms with van der Waals surface area (Å²) < 4.78 is 36.8. The number of halogens is 2. The van der Waals surface area contributed by atoms with Crippen LogP contribution in [-0.2, 0) is 5.92 Å². The number of hydrogen-bond donors (Lipinski definition) is 0. The van der Waals surface area contributed by atoms with Crippen molar-refractivity contribution >= 4 is 34.7 Å². The van der Waals surface area contributed by atoms with Crippen molar-refractivity contribution in [3.8, 4) is 11.6 Å². The second kappa shape index (κ2) is 8.59. The molecule has 0 radical (unpaired) electrons. The lowest BCUT2D eigenvalue weighted by Crippen LogP contribution is -2.24. The van der Waals surface area contributed by atoms with Crippen molar-refractivity contribution in [1.29, 1.82) is 0 Å². The highest BCUT2D eigenvalue weighted by atomic mass is 32.2. The van der Waals surface area contributed by atoms with Crippen LogP contribution >= 0.6 is 23.1 Å². The van der Waals surface area contributed by atoms with Gasteiger partial charge in [0.25, 0.3) is 0 Å². The van der Waals surface area contributed by atoms with E-state index in [9.17, 15) is 13.6 Å². The Balaban J connectivity index is 1.73. The first-order valence-electron chi connectivity index (χ1n) is 9.88. The number of carbonyl (C=O) groups is 1. The fraction of sp³-hybridized carbons (Fsp3) is 0.409. The summed E-state index contributed by atoms with van der Waals surface area (Å²) in [6, 6.07) is 8.80. The maximum atomic E-state index is 14.7. The number of hydrogen-bond acceptors (Lipinski definition) is 5. The van der Waals surface area contributed by atoms with Crippen LogP contribution in [0.2, 0.25) is 0 Å². The Kier molecular flexibility index (Phi) is 6.06. The van der Waals surface area contributed by atoms with E-state index in [1.165, 1.54) is 0 Å². The predicted molar refractivity (Wildman–Crippen MR) is 116 cm³/mol. The lowest BCUT2D eigenvalue weighted by Gasteiger charge is -2.10. The summed E-state index contributed by atoms with van der Waals surface area (Å²) in [5.41, 5.74) is 0.893. The molecular weight excluding hydrogens is 426 g/mol. The smallest absolute Gasteiger partial charge is 0.435 e. The van der Waals surface area contributed by atoms with Gasteiger partial charge < -0.3 is 4.74 Å². The Hall–Kier alpha value is -2.06. The first-order chi connectivity index (χ1) is 14.4. The minimum atomic E-state index is -3.04. The van der Waals surface area contributed by atoms with E-state index in [-0.39, 0.29) is 21.7 Å². The molecule has 158 valence electrons. The van der Waals surface area contributed by atoms with Crippen molar-refractivity contribution in [3.63, 3.8) is 0 Å². The van der Waals surface area contributed by atoms with E-state index in [0.29, 0.717) is 24.5 Å². The van der Waals surface area contributed by atoms with E-state index in [4.69, 9.17) is 4.74 Å². The minimum Gasteiger partial charge on any atom is -0.437 e. The van der Waals surface area contributed by atoms with Gasteiger partial charge in [0.15, 0.2) is 10.7 Å². The Bertz CT molecular complexity index is 994. The third kappa shape index (κ3) is 4.49. The molecule has 2 aliphatic rings. The zero-order valence-corrected chi connectivity index (χ0v) is 18.4. The molecule has 0 saturated heterocycles. The zero-order chi connectivity index (χ0) is 21.3. The van der Waals surface area contributed by atoms with Crippen LogP contribution < -0.4 is 4.74 Å². The van der Waals surface area contributed by atoms with Gasteiger partial charge in [0.2, 0.25) is 10.8 Å². The number of amides is 1. The van der Waals surface area contributed by atoms with Crippen LogP contribution in [0, 0.1) is 11.8 Å². The summed E-state index contributed by atoms with van der Waals surface area (Å²) >= 11 is 2.29. The van der Waals surface area contributed by atoms with Crippen LogP contribution in [0.4, 0.5) is 8.78 Å². The molecule has 2 aromatic rings. The van der Waals surface area contributed by atoms with Gasteiger partial charge in [-0.3, -0.25) is 0 Å². The molecule has 0 atom stereocenters. The zero-order valence-electron chi connectivity index (χ0n) is 16.8. The predicted octanol–water partition coefficient (Wildman–Crippen LogP) is 5.95. The molecule has 1 aromatic heterocycles. The van der Waals surface area contributed by atoms with Crippen molar-refractivity contribution in [2.24, 2.45) is 11.8 Å². The van der Waals surface area contributed by atoms with Crippen LogP contribution in [0.15, 0.2) is 41.8 Å². The largest absolute Gasteiger partial charge is 0.437 e. The second-order valence-electron chi connectivity index (χ2n) is 7.57. The Labute approximate surface area is 182 Å². The van der Waals surface area contributed by atoms with Crippen molar-refractivity contribution in [1.82, 2.24) is 4.98 Å². The van der Waals surface area contributed by atoms with E-state index < -0.39 is 11.8 Å². The fourth-order valence-electron chi connectivity index (χ4n) is 3.18. The Morgan fingerprint density at radius 3 is 2.57 bits per heavy atom. The van der Waals surface area contributed by atoms with Gasteiger partial charge in [0, 0.05) is 17.9 Å². The number of nitrogens with zero attached hydrogens (tertiary/aromatic N) is 2. The first kappa shape index (κ1) is 21.2. The summed E-state index contributed by atoms with van der Waals surface area (Å²) in [6.45, 7) is 0. The van der Waals surface area contributed by atoms with Crippen molar-refractivity contribution < 1.29 is 22.9 Å². The average Bonchev–Trinajstić information content (AvgIpc) is 3.65. The minimum absolute atomic E-state index is 0.0534. The van der Waals surface area contributed by atoms with E-state index in [1.54, 1.807) is 47.7 Å². The number of para-hydroxylation sites is 1. The SMILES string of the molecule is CS/C=C/C(C1CC1)=[N+](C)C(=O)c1sc(C(F)(F)C2CC2)nc1Oc1ccccc1. The molecule has 0 unspecified atom stereocenters. The van der Waals surface area contributed by atoms with Gasteiger partial charge in [-0.1, -0.05) is 29.5 Å². The molecule has 30 heavy (non-hydrogen) atoms. The van der Waals surface area contributed by atoms with Gasteiger partial charge in [-0.2, -0.15) is 18.3 Å². The van der Waals surface area contributed by atoms with Crippen LogP contribution in [0.1, 0.15) is 40.4 Å². The Morgan fingerprint density at radius 1 is 1.27 bits per heavy atom. The number of allylic oxidation sites excluding steroid dienone is 1. The van der Waals surface area contributed by atoms with Crippen LogP contribution in [0.5, 0.6) is 11.6 Å². The molecule has 0 N–H and O–H groups in total. The molecule has 2 saturated carbocycles. The van der Waals surface area contributed by atoms with Crippen molar-refractivity contribution in [2.75, 3.05) is 13.3 Å². The summed E-state index contributed by atoms with van der Waals surface area (Å²) in [6.07, 6.45) is 6.87. The number of thiazole rings is 1. The highest BCUT2D eigenvalue weighted by molar-refractivity contribution is 8.01. The topological polar surface area (TPSA) is 42.2 Å². The monoisotopic (exact) mass is 449 g/mol. The number of carbonyl (C=O) groups excluding carboxylic acids is 1. The Morgan fingerprint density at radius 2 is 1.97 bits per heavy atom. The molecule has 4 nitrogen and oxygen atoms in total. The van der Waals surface area contributed by atoms with Gasteiger partial charge >= 0.3 is 11.8 Å². The molecule has 8 heteroatoms. The molecule has 0 bridgehead atoms. The lowest BCUT2D eigenvalue weighted by molar-refractivity contribution is -0.395. The average molecular weight is 450 g/mol. The number of rotatable bonds is 8. The number of benzene rings is 1. The molecule has 1 aromatic carbocycles. The fourth-order valence-corrected chi connectivity index (χ4v) is 4.48. The van der Waals surface area contributed by atoms with Gasteiger partial charge in [0.1, 0.15) is 12.8 Å². The van der Waals surface area contributed by atoms with Gasteiger partial charge in [0.05, 0.1) is 0 Å². The van der Waals surface area contributed by atoms with E-state index >= 15 is 0 Å². The number of alkyl halides is 2. The van der Waals surface area contributed by atoms with E-state index in [2.05, 4.69) is 4.98 Å². The molecule has 0 aliphatic heterocycles. The maximum absolute atomic E-state index is 14.7. The van der Waals surface area contributed by atoms with Crippen molar-refractivity contribution in [3.05, 3.63) is 51.7 Å². The molecule has 2 aliphatic carbocycles. The van der Waals surface area contributed by atoms with Crippen LogP contribution in [-0.4, -0.2) is 34.5 Å². The summed E-state index contributed by atoms with van der Waals surface area (Å²) in [7, 11) is 1.69. The molecule has 1 heterocycles. The molecule has 1 amide bonds. The highest BCUT2D eigenvalue weighted by Gasteiger charge is 2.51. The van der Waals surface area contributed by atoms with Crippen LogP contribution in [0.25, 0.3) is 0 Å². The quantitative estimate of drug-likeness (QED) is 0.369. The van der Waals surface area contributed by atoms with E-state index in [1.807, 2.05) is 23.8 Å². The first-order valence-corrected chi connectivity index (χ1v) is 12.0. The molecule has 0 spiro atoms. The summed E-state index contributed by atoms with van der Waals surface area (Å²) in [5, 5.41) is 1.58. The molecule has 4 rings (SSSR count).